The number of hydrogen-bond acceptors (Lipinski definition) is 3. The van der Waals surface area contributed by atoms with E-state index in [0.29, 0.717) is 10.6 Å². The molecule has 0 fully saturated rings. The van der Waals surface area contributed by atoms with Gasteiger partial charge in [0.2, 0.25) is 0 Å². The van der Waals surface area contributed by atoms with E-state index < -0.39 is 5.97 Å². The highest BCUT2D eigenvalue weighted by Crippen LogP contribution is 2.18. The van der Waals surface area contributed by atoms with Crippen LogP contribution in [0.2, 0.25) is 5.02 Å². The monoisotopic (exact) mass is 226 g/mol. The third-order valence-electron chi connectivity index (χ3n) is 1.78. The summed E-state index contributed by atoms with van der Waals surface area (Å²) in [7, 11) is 0. The highest BCUT2D eigenvalue weighted by molar-refractivity contribution is 6.30. The van der Waals surface area contributed by atoms with Crippen molar-refractivity contribution in [2.24, 2.45) is 0 Å². The number of ether oxygens (including phenoxy) is 1. The summed E-state index contributed by atoms with van der Waals surface area (Å²) in [5, 5.41) is 9.52. The number of carbonyl (C=O) groups excluding carboxylic acids is 1. The minimum atomic E-state index is -0.553. The van der Waals surface area contributed by atoms with E-state index in [-0.39, 0.29) is 12.2 Å². The van der Waals surface area contributed by atoms with Gasteiger partial charge in [-0.2, -0.15) is 0 Å². The largest absolute Gasteiger partial charge is 0.515 e. The number of esters is 1. The topological polar surface area (TPSA) is 46.5 Å². The highest BCUT2D eigenvalue weighted by atomic mass is 35.5. The van der Waals surface area contributed by atoms with Crippen LogP contribution < -0.4 is 0 Å². The molecule has 0 amide bonds. The highest BCUT2D eigenvalue weighted by Gasteiger charge is 2.12. The molecule has 80 valence electrons. The van der Waals surface area contributed by atoms with Gasteiger partial charge in [-0.15, -0.1) is 0 Å². The first-order valence-corrected chi connectivity index (χ1v) is 4.84. The van der Waals surface area contributed by atoms with Gasteiger partial charge in [-0.05, 0) is 24.6 Å². The van der Waals surface area contributed by atoms with Crippen molar-refractivity contribution in [3.05, 3.63) is 41.1 Å². The van der Waals surface area contributed by atoms with E-state index in [4.69, 9.17) is 21.4 Å². The zero-order valence-corrected chi connectivity index (χ0v) is 8.99. The molecule has 0 spiro atoms. The maximum absolute atomic E-state index is 11.4. The number of rotatable bonds is 3. The van der Waals surface area contributed by atoms with E-state index in [1.165, 1.54) is 0 Å². The smallest absolute Gasteiger partial charge is 0.341 e. The molecule has 0 saturated heterocycles. The lowest BCUT2D eigenvalue weighted by atomic mass is 10.1. The Morgan fingerprint density at radius 2 is 2.07 bits per heavy atom. The van der Waals surface area contributed by atoms with Crippen LogP contribution in [0.25, 0.3) is 5.57 Å². The molecule has 1 aromatic carbocycles. The van der Waals surface area contributed by atoms with Crippen molar-refractivity contribution in [1.29, 1.82) is 0 Å². The summed E-state index contributed by atoms with van der Waals surface area (Å²) in [4.78, 5) is 11.4. The van der Waals surface area contributed by atoms with Crippen molar-refractivity contribution >= 4 is 23.1 Å². The van der Waals surface area contributed by atoms with E-state index in [9.17, 15) is 4.79 Å². The van der Waals surface area contributed by atoms with Gasteiger partial charge >= 0.3 is 5.97 Å². The van der Waals surface area contributed by atoms with E-state index >= 15 is 0 Å². The van der Waals surface area contributed by atoms with Crippen LogP contribution in [0, 0.1) is 0 Å². The van der Waals surface area contributed by atoms with Crippen LogP contribution in [0.5, 0.6) is 0 Å². The lowest BCUT2D eigenvalue weighted by Crippen LogP contribution is -2.06. The first-order chi connectivity index (χ1) is 7.19. The van der Waals surface area contributed by atoms with Crippen LogP contribution in [-0.2, 0) is 9.53 Å². The predicted octanol–water partition coefficient (Wildman–Crippen LogP) is 2.80. The van der Waals surface area contributed by atoms with Gasteiger partial charge in [0.05, 0.1) is 12.9 Å². The maximum Gasteiger partial charge on any atom is 0.341 e. The van der Waals surface area contributed by atoms with Gasteiger partial charge in [-0.25, -0.2) is 4.79 Å². The third-order valence-corrected chi connectivity index (χ3v) is 2.03. The molecule has 0 unspecified atom stereocenters. The van der Waals surface area contributed by atoms with Crippen LogP contribution in [0.1, 0.15) is 12.5 Å². The fourth-order valence-corrected chi connectivity index (χ4v) is 1.21. The Morgan fingerprint density at radius 1 is 1.47 bits per heavy atom. The zero-order chi connectivity index (χ0) is 11.3. The van der Waals surface area contributed by atoms with Gasteiger partial charge in [-0.1, -0.05) is 23.7 Å². The SMILES string of the molecule is CCOC(=O)C(=CO)c1ccc(Cl)cc1. The first-order valence-electron chi connectivity index (χ1n) is 4.46. The number of aliphatic hydroxyl groups excluding tert-OH is 1. The number of carbonyl (C=O) groups is 1. The minimum absolute atomic E-state index is 0.119. The Bertz CT molecular complexity index is 368. The molecule has 1 rings (SSSR count). The molecule has 0 aliphatic carbocycles. The first kappa shape index (κ1) is 11.6. The molecule has 0 aliphatic rings. The van der Waals surface area contributed by atoms with Crippen LogP contribution >= 0.6 is 11.6 Å². The van der Waals surface area contributed by atoms with Crippen molar-refractivity contribution in [3.8, 4) is 0 Å². The molecule has 15 heavy (non-hydrogen) atoms. The van der Waals surface area contributed by atoms with Crippen molar-refractivity contribution in [1.82, 2.24) is 0 Å². The molecule has 0 bridgehead atoms. The average molecular weight is 227 g/mol. The molecular weight excluding hydrogens is 216 g/mol. The van der Waals surface area contributed by atoms with E-state index in [2.05, 4.69) is 0 Å². The standard InChI is InChI=1S/C11H11ClO3/c1-2-15-11(14)10(7-13)8-3-5-9(12)6-4-8/h3-7,13H,2H2,1H3. The summed E-state index contributed by atoms with van der Waals surface area (Å²) in [6, 6.07) is 6.56. The lowest BCUT2D eigenvalue weighted by Gasteiger charge is -2.05. The van der Waals surface area contributed by atoms with Crippen molar-refractivity contribution in [2.45, 2.75) is 6.92 Å². The maximum atomic E-state index is 11.4. The summed E-state index contributed by atoms with van der Waals surface area (Å²) in [5.74, 6) is -0.553. The molecule has 0 aromatic heterocycles. The van der Waals surface area contributed by atoms with Gasteiger partial charge in [0.25, 0.3) is 0 Å². The zero-order valence-electron chi connectivity index (χ0n) is 8.24. The number of halogens is 1. The third kappa shape index (κ3) is 2.99. The Hall–Kier alpha value is -1.48. The molecule has 0 radical (unpaired) electrons. The number of aliphatic hydroxyl groups is 1. The van der Waals surface area contributed by atoms with Crippen LogP contribution in [0.3, 0.4) is 0 Å². The Kier molecular flexibility index (Phi) is 4.18. The Labute approximate surface area is 92.9 Å². The van der Waals surface area contributed by atoms with Gasteiger partial charge < -0.3 is 9.84 Å². The van der Waals surface area contributed by atoms with Crippen LogP contribution in [0.15, 0.2) is 30.5 Å². The average Bonchev–Trinajstić information content (AvgIpc) is 2.22. The summed E-state index contributed by atoms with van der Waals surface area (Å²) < 4.78 is 4.78. The second-order valence-corrected chi connectivity index (χ2v) is 3.21. The van der Waals surface area contributed by atoms with Crippen molar-refractivity contribution < 1.29 is 14.6 Å². The number of benzene rings is 1. The van der Waals surface area contributed by atoms with Crippen LogP contribution in [0.4, 0.5) is 0 Å². The molecule has 1 N–H and O–H groups in total. The van der Waals surface area contributed by atoms with Crippen molar-refractivity contribution in [2.75, 3.05) is 6.61 Å². The van der Waals surface area contributed by atoms with Gasteiger partial charge in [0, 0.05) is 5.02 Å². The van der Waals surface area contributed by atoms with Gasteiger partial charge in [0.15, 0.2) is 0 Å². The fourth-order valence-electron chi connectivity index (χ4n) is 1.08. The second kappa shape index (κ2) is 5.41. The summed E-state index contributed by atoms with van der Waals surface area (Å²) in [6.07, 6.45) is 0.737. The molecule has 4 heteroatoms. The Morgan fingerprint density at radius 3 is 2.53 bits per heavy atom. The second-order valence-electron chi connectivity index (χ2n) is 2.77. The Balaban J connectivity index is 2.94. The fraction of sp³-hybridized carbons (Fsp3) is 0.182. The normalized spacial score (nSPS) is 11.2. The minimum Gasteiger partial charge on any atom is -0.515 e. The number of hydrogen-bond donors (Lipinski definition) is 1. The van der Waals surface area contributed by atoms with Crippen LogP contribution in [-0.4, -0.2) is 17.7 Å². The molecule has 3 nitrogen and oxygen atoms in total. The van der Waals surface area contributed by atoms with E-state index in [1.807, 2.05) is 0 Å². The van der Waals surface area contributed by atoms with Gasteiger partial charge in [0.1, 0.15) is 5.57 Å². The summed E-state index contributed by atoms with van der Waals surface area (Å²) >= 11 is 5.70. The molecule has 0 saturated carbocycles. The molecular formula is C11H11ClO3. The quantitative estimate of drug-likeness (QED) is 0.490. The van der Waals surface area contributed by atoms with E-state index in [0.717, 1.165) is 6.26 Å². The van der Waals surface area contributed by atoms with E-state index in [1.54, 1.807) is 31.2 Å². The summed E-state index contributed by atoms with van der Waals surface area (Å²) in [6.45, 7) is 1.97. The molecule has 0 heterocycles. The van der Waals surface area contributed by atoms with Gasteiger partial charge in [-0.3, -0.25) is 0 Å². The van der Waals surface area contributed by atoms with Crippen molar-refractivity contribution in [3.63, 3.8) is 0 Å². The predicted molar refractivity (Wildman–Crippen MR) is 58.7 cm³/mol. The lowest BCUT2D eigenvalue weighted by molar-refractivity contribution is -0.136. The molecule has 1 aromatic rings. The summed E-state index contributed by atoms with van der Waals surface area (Å²) in [5.41, 5.74) is 0.689. The molecule has 0 atom stereocenters. The molecule has 0 aliphatic heterocycles.